The molecular weight excluding hydrogens is 336 g/mol. The van der Waals surface area contributed by atoms with E-state index in [2.05, 4.69) is 5.32 Å². The molecule has 26 heavy (non-hydrogen) atoms. The van der Waals surface area contributed by atoms with Gasteiger partial charge in [0.2, 0.25) is 5.91 Å². The van der Waals surface area contributed by atoms with E-state index >= 15 is 0 Å². The molecule has 1 aliphatic rings. The van der Waals surface area contributed by atoms with Gasteiger partial charge in [0, 0.05) is 19.5 Å². The Kier molecular flexibility index (Phi) is 5.18. The smallest absolute Gasteiger partial charge is 0.328 e. The van der Waals surface area contributed by atoms with E-state index in [4.69, 9.17) is 0 Å². The Morgan fingerprint density at radius 1 is 1.04 bits per heavy atom. The van der Waals surface area contributed by atoms with Gasteiger partial charge in [-0.2, -0.15) is 0 Å². The number of carboxylic acid groups (broad SMARTS) is 2. The summed E-state index contributed by atoms with van der Waals surface area (Å²) in [6.45, 7) is 0.430. The normalized spacial score (nSPS) is 20.1. The van der Waals surface area contributed by atoms with Crippen molar-refractivity contribution in [3.63, 3.8) is 0 Å². The van der Waals surface area contributed by atoms with Crippen molar-refractivity contribution >= 4 is 28.6 Å². The van der Waals surface area contributed by atoms with Crippen LogP contribution in [0.3, 0.4) is 0 Å². The molecule has 7 nitrogen and oxygen atoms in total. The standard InChI is InChI=1S/C19H20N2O5/c22-15(21-10-9-20-16(18(23)24)17(21)19(25)26)8-6-12-5-7-13-3-1-2-4-14(13)11-12/h1-5,7,11,16-17,20H,6,8-10H2,(H,23,24)(H,25,26)/t16-,17+/m0/s1. The number of nitrogens with one attached hydrogen (secondary N) is 1. The van der Waals surface area contributed by atoms with Gasteiger partial charge >= 0.3 is 11.9 Å². The summed E-state index contributed by atoms with van der Waals surface area (Å²) in [5.41, 5.74) is 0.980. The van der Waals surface area contributed by atoms with Gasteiger partial charge in [-0.15, -0.1) is 0 Å². The molecule has 0 saturated carbocycles. The van der Waals surface area contributed by atoms with Gasteiger partial charge in [0.25, 0.3) is 0 Å². The topological polar surface area (TPSA) is 107 Å². The molecule has 2 atom stereocenters. The van der Waals surface area contributed by atoms with E-state index in [0.29, 0.717) is 6.42 Å². The summed E-state index contributed by atoms with van der Waals surface area (Å²) in [6, 6.07) is 11.2. The third-order valence-electron chi connectivity index (χ3n) is 4.65. The first kappa shape index (κ1) is 17.9. The van der Waals surface area contributed by atoms with Crippen LogP contribution in [0.2, 0.25) is 0 Å². The molecular formula is C19H20N2O5. The molecule has 2 aromatic carbocycles. The van der Waals surface area contributed by atoms with Crippen LogP contribution >= 0.6 is 0 Å². The number of amides is 1. The fourth-order valence-electron chi connectivity index (χ4n) is 3.34. The van der Waals surface area contributed by atoms with E-state index in [1.165, 1.54) is 4.90 Å². The zero-order chi connectivity index (χ0) is 18.7. The van der Waals surface area contributed by atoms with E-state index in [1.54, 1.807) is 0 Å². The molecule has 1 fully saturated rings. The van der Waals surface area contributed by atoms with Crippen LogP contribution in [0.25, 0.3) is 10.8 Å². The Balaban J connectivity index is 1.71. The number of nitrogens with zero attached hydrogens (tertiary/aromatic N) is 1. The molecule has 3 rings (SSSR count). The fraction of sp³-hybridized carbons (Fsp3) is 0.316. The summed E-state index contributed by atoms with van der Waals surface area (Å²) in [7, 11) is 0. The van der Waals surface area contributed by atoms with Crippen molar-refractivity contribution in [2.75, 3.05) is 13.1 Å². The molecule has 3 N–H and O–H groups in total. The molecule has 1 aliphatic heterocycles. The molecule has 0 unspecified atom stereocenters. The number of aliphatic carboxylic acids is 2. The second kappa shape index (κ2) is 7.53. The average Bonchev–Trinajstić information content (AvgIpc) is 2.65. The van der Waals surface area contributed by atoms with Crippen molar-refractivity contribution in [2.45, 2.75) is 24.9 Å². The molecule has 0 bridgehead atoms. The van der Waals surface area contributed by atoms with Crippen molar-refractivity contribution in [1.82, 2.24) is 10.2 Å². The summed E-state index contributed by atoms with van der Waals surface area (Å²) >= 11 is 0. The van der Waals surface area contributed by atoms with Gasteiger partial charge in [0.1, 0.15) is 6.04 Å². The van der Waals surface area contributed by atoms with Crippen molar-refractivity contribution in [2.24, 2.45) is 0 Å². The third-order valence-corrected chi connectivity index (χ3v) is 4.65. The molecule has 136 valence electrons. The van der Waals surface area contributed by atoms with E-state index < -0.39 is 24.0 Å². The minimum absolute atomic E-state index is 0.133. The number of aryl methyl sites for hydroxylation is 1. The maximum absolute atomic E-state index is 12.6. The Morgan fingerprint density at radius 3 is 2.46 bits per heavy atom. The minimum atomic E-state index is -1.40. The second-order valence-electron chi connectivity index (χ2n) is 6.32. The lowest BCUT2D eigenvalue weighted by molar-refractivity contribution is -0.159. The van der Waals surface area contributed by atoms with Gasteiger partial charge < -0.3 is 20.4 Å². The number of benzene rings is 2. The zero-order valence-electron chi connectivity index (χ0n) is 14.1. The van der Waals surface area contributed by atoms with Crippen molar-refractivity contribution in [3.05, 3.63) is 48.0 Å². The largest absolute Gasteiger partial charge is 0.480 e. The summed E-state index contributed by atoms with van der Waals surface area (Å²) < 4.78 is 0. The zero-order valence-corrected chi connectivity index (χ0v) is 14.1. The lowest BCUT2D eigenvalue weighted by Gasteiger charge is -2.37. The van der Waals surface area contributed by atoms with E-state index in [1.807, 2.05) is 42.5 Å². The Hall–Kier alpha value is -2.93. The maximum atomic E-state index is 12.6. The highest BCUT2D eigenvalue weighted by Gasteiger charge is 2.42. The number of hydrogen-bond acceptors (Lipinski definition) is 4. The predicted octanol–water partition coefficient (Wildman–Crippen LogP) is 1.11. The van der Waals surface area contributed by atoms with Crippen LogP contribution < -0.4 is 5.32 Å². The molecule has 2 aromatic rings. The van der Waals surface area contributed by atoms with Crippen LogP contribution in [0.5, 0.6) is 0 Å². The number of fused-ring (bicyclic) bond motifs is 1. The van der Waals surface area contributed by atoms with Gasteiger partial charge in [-0.05, 0) is 22.8 Å². The van der Waals surface area contributed by atoms with Crippen LogP contribution in [0.4, 0.5) is 0 Å². The summed E-state index contributed by atoms with van der Waals surface area (Å²) in [6.07, 6.45) is 0.603. The number of carbonyl (C=O) groups excluding carboxylic acids is 1. The lowest BCUT2D eigenvalue weighted by Crippen LogP contribution is -2.65. The predicted molar refractivity (Wildman–Crippen MR) is 94.8 cm³/mol. The average molecular weight is 356 g/mol. The van der Waals surface area contributed by atoms with Gasteiger partial charge in [-0.3, -0.25) is 9.59 Å². The fourth-order valence-corrected chi connectivity index (χ4v) is 3.34. The third kappa shape index (κ3) is 3.67. The van der Waals surface area contributed by atoms with Gasteiger partial charge in [0.05, 0.1) is 0 Å². The highest BCUT2D eigenvalue weighted by atomic mass is 16.4. The van der Waals surface area contributed by atoms with Gasteiger partial charge in [-0.25, -0.2) is 4.79 Å². The highest BCUT2D eigenvalue weighted by Crippen LogP contribution is 2.18. The summed E-state index contributed by atoms with van der Waals surface area (Å²) in [5.74, 6) is -2.94. The minimum Gasteiger partial charge on any atom is -0.480 e. The van der Waals surface area contributed by atoms with Gasteiger partial charge in [0.15, 0.2) is 6.04 Å². The quantitative estimate of drug-likeness (QED) is 0.741. The highest BCUT2D eigenvalue weighted by molar-refractivity contribution is 5.90. The van der Waals surface area contributed by atoms with Gasteiger partial charge in [-0.1, -0.05) is 42.5 Å². The Bertz CT molecular complexity index is 851. The molecule has 0 aromatic heterocycles. The molecule has 0 spiro atoms. The first-order valence-corrected chi connectivity index (χ1v) is 8.43. The van der Waals surface area contributed by atoms with Crippen molar-refractivity contribution < 1.29 is 24.6 Å². The van der Waals surface area contributed by atoms with Crippen LogP contribution in [0.15, 0.2) is 42.5 Å². The number of carbonyl (C=O) groups is 3. The van der Waals surface area contributed by atoms with Crippen LogP contribution in [-0.2, 0) is 20.8 Å². The van der Waals surface area contributed by atoms with Crippen LogP contribution in [0, 0.1) is 0 Å². The lowest BCUT2D eigenvalue weighted by atomic mass is 10.0. The van der Waals surface area contributed by atoms with E-state index in [9.17, 15) is 24.6 Å². The molecule has 1 saturated heterocycles. The van der Waals surface area contributed by atoms with Crippen LogP contribution in [-0.4, -0.2) is 58.1 Å². The van der Waals surface area contributed by atoms with Crippen molar-refractivity contribution in [1.29, 1.82) is 0 Å². The van der Waals surface area contributed by atoms with E-state index in [0.717, 1.165) is 16.3 Å². The molecule has 0 radical (unpaired) electrons. The first-order chi connectivity index (χ1) is 12.5. The van der Waals surface area contributed by atoms with Crippen LogP contribution in [0.1, 0.15) is 12.0 Å². The molecule has 0 aliphatic carbocycles. The monoisotopic (exact) mass is 356 g/mol. The number of hydrogen-bond donors (Lipinski definition) is 3. The second-order valence-corrected chi connectivity index (χ2v) is 6.32. The van der Waals surface area contributed by atoms with E-state index in [-0.39, 0.29) is 25.4 Å². The Labute approximate surface area is 150 Å². The SMILES string of the molecule is O=C(O)[C@H]1NCCN(C(=O)CCc2ccc3ccccc3c2)[C@H]1C(=O)O. The number of rotatable bonds is 5. The first-order valence-electron chi connectivity index (χ1n) is 8.43. The number of piperazine rings is 1. The molecule has 7 heteroatoms. The Morgan fingerprint density at radius 2 is 1.77 bits per heavy atom. The van der Waals surface area contributed by atoms with Crippen molar-refractivity contribution in [3.8, 4) is 0 Å². The summed E-state index contributed by atoms with van der Waals surface area (Å²) in [5, 5.41) is 23.4. The molecule has 1 amide bonds. The molecule has 1 heterocycles. The number of carboxylic acids is 2. The summed E-state index contributed by atoms with van der Waals surface area (Å²) in [4.78, 5) is 36.5. The maximum Gasteiger partial charge on any atom is 0.328 e.